The lowest BCUT2D eigenvalue weighted by atomic mass is 10.3. The topological polar surface area (TPSA) is 83.0 Å². The van der Waals surface area contributed by atoms with Gasteiger partial charge >= 0.3 is 0 Å². The largest absolute Gasteiger partial charge is 0.492 e. The van der Waals surface area contributed by atoms with E-state index in [4.69, 9.17) is 4.74 Å². The average molecular weight is 328 g/mol. The van der Waals surface area contributed by atoms with Crippen LogP contribution in [0.3, 0.4) is 0 Å². The first kappa shape index (κ1) is 18.2. The molecule has 0 amide bonds. The predicted octanol–water partition coefficient (Wildman–Crippen LogP) is 0.122. The fourth-order valence-corrected chi connectivity index (χ4v) is 2.19. The molecule has 1 aromatic rings. The average Bonchev–Trinajstić information content (AvgIpc) is 2.47. The van der Waals surface area contributed by atoms with Gasteiger partial charge < -0.3 is 15.0 Å². The van der Waals surface area contributed by atoms with Gasteiger partial charge in [0.2, 0.25) is 10.0 Å². The second-order valence-corrected chi connectivity index (χ2v) is 6.56. The Morgan fingerprint density at radius 2 is 1.95 bits per heavy atom. The van der Waals surface area contributed by atoms with Crippen LogP contribution in [0.25, 0.3) is 0 Å². The molecule has 7 nitrogen and oxygen atoms in total. The molecule has 0 atom stereocenters. The van der Waals surface area contributed by atoms with Crippen LogP contribution in [0.1, 0.15) is 0 Å². The minimum atomic E-state index is -3.16. The third kappa shape index (κ3) is 7.84. The lowest BCUT2D eigenvalue weighted by Gasteiger charge is -2.22. The minimum Gasteiger partial charge on any atom is -0.492 e. The lowest BCUT2D eigenvalue weighted by molar-refractivity contribution is 0.281. The fraction of sp³-hybridized carbons (Fsp3) is 0.500. The quantitative estimate of drug-likeness (QED) is 0.402. The Balaban J connectivity index is 2.28. The third-order valence-electron chi connectivity index (χ3n) is 2.78. The molecule has 0 aliphatic carbocycles. The molecule has 124 valence electrons. The first-order chi connectivity index (χ1) is 10.4. The minimum absolute atomic E-state index is 0.312. The normalized spacial score (nSPS) is 12.0. The number of ether oxygens (including phenoxy) is 1. The third-order valence-corrected chi connectivity index (χ3v) is 3.51. The Morgan fingerprint density at radius 1 is 1.27 bits per heavy atom. The van der Waals surface area contributed by atoms with Crippen molar-refractivity contribution in [1.82, 2.24) is 14.9 Å². The van der Waals surface area contributed by atoms with E-state index in [0.717, 1.165) is 12.0 Å². The summed E-state index contributed by atoms with van der Waals surface area (Å²) in [6.07, 6.45) is 1.13. The van der Waals surface area contributed by atoms with Crippen LogP contribution in [-0.2, 0) is 10.0 Å². The van der Waals surface area contributed by atoms with Gasteiger partial charge in [-0.2, -0.15) is 0 Å². The van der Waals surface area contributed by atoms with Gasteiger partial charge in [-0.1, -0.05) is 18.2 Å². The van der Waals surface area contributed by atoms with Crippen molar-refractivity contribution in [3.05, 3.63) is 30.3 Å². The smallest absolute Gasteiger partial charge is 0.208 e. The molecular weight excluding hydrogens is 304 g/mol. The molecule has 0 spiro atoms. The summed E-state index contributed by atoms with van der Waals surface area (Å²) in [5.41, 5.74) is 0. The molecule has 0 bridgehead atoms. The number of nitrogens with one attached hydrogen (secondary N) is 2. The van der Waals surface area contributed by atoms with Crippen molar-refractivity contribution in [2.75, 3.05) is 46.6 Å². The second kappa shape index (κ2) is 9.26. The number of rotatable bonds is 8. The zero-order chi connectivity index (χ0) is 16.4. The second-order valence-electron chi connectivity index (χ2n) is 4.72. The SMILES string of the molecule is CN=C(NCCNS(C)(=O)=O)N(C)CCOc1ccccc1. The Bertz CT molecular complexity index is 561. The van der Waals surface area contributed by atoms with Gasteiger partial charge in [-0.15, -0.1) is 0 Å². The van der Waals surface area contributed by atoms with Crippen LogP contribution in [-0.4, -0.2) is 65.9 Å². The molecule has 0 saturated heterocycles. The maximum atomic E-state index is 11.0. The lowest BCUT2D eigenvalue weighted by Crippen LogP contribution is -2.43. The Morgan fingerprint density at radius 3 is 2.55 bits per heavy atom. The van der Waals surface area contributed by atoms with Gasteiger partial charge in [-0.25, -0.2) is 13.1 Å². The molecule has 0 fully saturated rings. The van der Waals surface area contributed by atoms with Gasteiger partial charge in [0, 0.05) is 27.2 Å². The zero-order valence-electron chi connectivity index (χ0n) is 13.2. The summed E-state index contributed by atoms with van der Waals surface area (Å²) in [6, 6.07) is 9.60. The van der Waals surface area contributed by atoms with E-state index in [1.54, 1.807) is 7.05 Å². The van der Waals surface area contributed by atoms with E-state index in [0.29, 0.717) is 32.2 Å². The highest BCUT2D eigenvalue weighted by molar-refractivity contribution is 7.88. The summed E-state index contributed by atoms with van der Waals surface area (Å²) < 4.78 is 30.0. The van der Waals surface area contributed by atoms with Crippen molar-refractivity contribution in [1.29, 1.82) is 0 Å². The number of guanidine groups is 1. The molecule has 0 aliphatic heterocycles. The maximum absolute atomic E-state index is 11.0. The van der Waals surface area contributed by atoms with E-state index in [9.17, 15) is 8.42 Å². The molecule has 1 rings (SSSR count). The zero-order valence-corrected chi connectivity index (χ0v) is 14.1. The first-order valence-electron chi connectivity index (χ1n) is 6.96. The summed E-state index contributed by atoms with van der Waals surface area (Å²) in [5, 5.41) is 3.08. The van der Waals surface area contributed by atoms with E-state index in [1.165, 1.54) is 0 Å². The van der Waals surface area contributed by atoms with Crippen molar-refractivity contribution in [2.45, 2.75) is 0 Å². The van der Waals surface area contributed by atoms with Gasteiger partial charge in [0.25, 0.3) is 0 Å². The summed E-state index contributed by atoms with van der Waals surface area (Å²) >= 11 is 0. The van der Waals surface area contributed by atoms with Crippen molar-refractivity contribution < 1.29 is 13.2 Å². The van der Waals surface area contributed by atoms with Crippen LogP contribution in [0, 0.1) is 0 Å². The van der Waals surface area contributed by atoms with Crippen molar-refractivity contribution in [2.24, 2.45) is 4.99 Å². The molecule has 2 N–H and O–H groups in total. The molecule has 0 saturated carbocycles. The molecule has 0 unspecified atom stereocenters. The van der Waals surface area contributed by atoms with E-state index < -0.39 is 10.0 Å². The van der Waals surface area contributed by atoms with Crippen LogP contribution in [0.15, 0.2) is 35.3 Å². The Labute approximate surface area is 132 Å². The van der Waals surface area contributed by atoms with Crippen LogP contribution < -0.4 is 14.8 Å². The number of likely N-dealkylation sites (N-methyl/N-ethyl adjacent to an activating group) is 1. The van der Waals surface area contributed by atoms with Crippen molar-refractivity contribution >= 4 is 16.0 Å². The highest BCUT2D eigenvalue weighted by atomic mass is 32.2. The monoisotopic (exact) mass is 328 g/mol. The molecule has 0 aromatic heterocycles. The van der Waals surface area contributed by atoms with Crippen LogP contribution >= 0.6 is 0 Å². The van der Waals surface area contributed by atoms with Gasteiger partial charge in [-0.3, -0.25) is 4.99 Å². The number of para-hydroxylation sites is 1. The predicted molar refractivity (Wildman–Crippen MR) is 88.8 cm³/mol. The molecule has 0 aliphatic rings. The number of aliphatic imine (C=N–C) groups is 1. The van der Waals surface area contributed by atoms with Gasteiger partial charge in [0.05, 0.1) is 12.8 Å². The van der Waals surface area contributed by atoms with Gasteiger partial charge in [-0.05, 0) is 12.1 Å². The number of hydrogen-bond donors (Lipinski definition) is 2. The van der Waals surface area contributed by atoms with E-state index in [-0.39, 0.29) is 0 Å². The molecular formula is C14H24N4O3S. The Hall–Kier alpha value is -1.80. The number of benzene rings is 1. The van der Waals surface area contributed by atoms with Crippen molar-refractivity contribution in [3.8, 4) is 5.75 Å². The number of nitrogens with zero attached hydrogens (tertiary/aromatic N) is 2. The van der Waals surface area contributed by atoms with Crippen LogP contribution in [0.2, 0.25) is 0 Å². The Kier molecular flexibility index (Phi) is 7.69. The maximum Gasteiger partial charge on any atom is 0.208 e. The van der Waals surface area contributed by atoms with Gasteiger partial charge in [0.15, 0.2) is 5.96 Å². The number of hydrogen-bond acceptors (Lipinski definition) is 4. The highest BCUT2D eigenvalue weighted by Gasteiger charge is 2.06. The number of sulfonamides is 1. The summed E-state index contributed by atoms with van der Waals surface area (Å²) in [4.78, 5) is 6.07. The van der Waals surface area contributed by atoms with E-state index >= 15 is 0 Å². The standard InChI is InChI=1S/C14H24N4O3S/c1-15-14(16-9-10-17-22(3,19)20)18(2)11-12-21-13-7-5-4-6-8-13/h4-8,17H,9-12H2,1-3H3,(H,15,16). The molecule has 0 heterocycles. The highest BCUT2D eigenvalue weighted by Crippen LogP contribution is 2.07. The fourth-order valence-electron chi connectivity index (χ4n) is 1.72. The molecule has 1 aromatic carbocycles. The van der Waals surface area contributed by atoms with Crippen molar-refractivity contribution in [3.63, 3.8) is 0 Å². The molecule has 8 heteroatoms. The molecule has 0 radical (unpaired) electrons. The van der Waals surface area contributed by atoms with E-state index in [1.807, 2.05) is 42.3 Å². The van der Waals surface area contributed by atoms with Crippen LogP contribution in [0.5, 0.6) is 5.75 Å². The molecule has 22 heavy (non-hydrogen) atoms. The van der Waals surface area contributed by atoms with Gasteiger partial charge in [0.1, 0.15) is 12.4 Å². The van der Waals surface area contributed by atoms with Crippen LogP contribution in [0.4, 0.5) is 0 Å². The first-order valence-corrected chi connectivity index (χ1v) is 8.86. The summed E-state index contributed by atoms with van der Waals surface area (Å²) in [6.45, 7) is 1.96. The van der Waals surface area contributed by atoms with E-state index in [2.05, 4.69) is 15.0 Å². The summed E-state index contributed by atoms with van der Waals surface area (Å²) in [7, 11) is 0.421. The summed E-state index contributed by atoms with van der Waals surface area (Å²) in [5.74, 6) is 1.52.